The fraction of sp³-hybridized carbons (Fsp3) is 0.636. The van der Waals surface area contributed by atoms with Crippen LogP contribution in [0, 0.1) is 0 Å². The molecule has 0 N–H and O–H groups in total. The van der Waals surface area contributed by atoms with Crippen molar-refractivity contribution >= 4 is 27.0 Å². The second-order valence-electron chi connectivity index (χ2n) is 8.84. The molecule has 4 rings (SSSR count). The molecule has 31 heavy (non-hydrogen) atoms. The largest absolute Gasteiger partial charge is 0.419 e. The highest BCUT2D eigenvalue weighted by Crippen LogP contribution is 2.27. The standard InChI is InChI=1S/C22H31N3O5S/c1-16(2)25(17-7-3-4-8-17)21(26)11-14-24-19-10-9-18(15-20(19)30-22(24)27)31(28,29)23-12-5-6-13-23/h9-10,15-17H,3-8,11-14H2,1-2H3. The third kappa shape index (κ3) is 4.30. The van der Waals surface area contributed by atoms with Crippen molar-refractivity contribution in [2.75, 3.05) is 13.1 Å². The molecule has 0 unspecified atom stereocenters. The highest BCUT2D eigenvalue weighted by molar-refractivity contribution is 7.89. The minimum atomic E-state index is -3.59. The third-order valence-corrected chi connectivity index (χ3v) is 8.35. The van der Waals surface area contributed by atoms with Crippen molar-refractivity contribution in [3.63, 3.8) is 0 Å². The van der Waals surface area contributed by atoms with E-state index in [1.54, 1.807) is 6.07 Å². The molecule has 9 heteroatoms. The summed E-state index contributed by atoms with van der Waals surface area (Å²) in [5, 5.41) is 0. The molecule has 1 saturated carbocycles. The number of hydrogen-bond acceptors (Lipinski definition) is 5. The molecule has 2 heterocycles. The minimum Gasteiger partial charge on any atom is -0.408 e. The Morgan fingerprint density at radius 2 is 1.84 bits per heavy atom. The molecule has 0 radical (unpaired) electrons. The first-order valence-electron chi connectivity index (χ1n) is 11.2. The lowest BCUT2D eigenvalue weighted by atomic mass is 10.1. The Kier molecular flexibility index (Phi) is 6.25. The molecular weight excluding hydrogens is 418 g/mol. The van der Waals surface area contributed by atoms with E-state index >= 15 is 0 Å². The van der Waals surface area contributed by atoms with Gasteiger partial charge in [0.05, 0.1) is 10.4 Å². The summed E-state index contributed by atoms with van der Waals surface area (Å²) in [6.07, 6.45) is 6.28. The number of oxazole rings is 1. The van der Waals surface area contributed by atoms with Gasteiger partial charge in [0.15, 0.2) is 5.58 Å². The fourth-order valence-corrected chi connectivity index (χ4v) is 6.46. The zero-order chi connectivity index (χ0) is 22.2. The summed E-state index contributed by atoms with van der Waals surface area (Å²) in [4.78, 5) is 27.5. The molecule has 1 aliphatic heterocycles. The van der Waals surface area contributed by atoms with Gasteiger partial charge in [0.2, 0.25) is 15.9 Å². The monoisotopic (exact) mass is 449 g/mol. The number of rotatable bonds is 7. The number of sulfonamides is 1. The van der Waals surface area contributed by atoms with Gasteiger partial charge in [-0.3, -0.25) is 9.36 Å². The maximum atomic E-state index is 12.9. The SMILES string of the molecule is CC(C)N(C(=O)CCn1c(=O)oc2cc(S(=O)(=O)N3CCCC3)ccc21)C1CCCC1. The summed E-state index contributed by atoms with van der Waals surface area (Å²) in [6.45, 7) is 5.29. The van der Waals surface area contributed by atoms with Crippen LogP contribution < -0.4 is 5.76 Å². The van der Waals surface area contributed by atoms with Crippen molar-refractivity contribution in [3.05, 3.63) is 28.7 Å². The van der Waals surface area contributed by atoms with E-state index in [9.17, 15) is 18.0 Å². The van der Waals surface area contributed by atoms with E-state index < -0.39 is 15.8 Å². The van der Waals surface area contributed by atoms with Crippen LogP contribution in [0.1, 0.15) is 58.8 Å². The van der Waals surface area contributed by atoms with Crippen LogP contribution in [0.2, 0.25) is 0 Å². The van der Waals surface area contributed by atoms with E-state index in [0.717, 1.165) is 38.5 Å². The van der Waals surface area contributed by atoms with Crippen LogP contribution in [0.3, 0.4) is 0 Å². The molecule has 8 nitrogen and oxygen atoms in total. The van der Waals surface area contributed by atoms with Crippen LogP contribution in [0.15, 0.2) is 32.3 Å². The fourth-order valence-electron chi connectivity index (χ4n) is 4.93. The maximum absolute atomic E-state index is 12.9. The highest BCUT2D eigenvalue weighted by Gasteiger charge is 2.30. The van der Waals surface area contributed by atoms with Gasteiger partial charge < -0.3 is 9.32 Å². The Bertz CT molecular complexity index is 1110. The summed E-state index contributed by atoms with van der Waals surface area (Å²) >= 11 is 0. The first-order chi connectivity index (χ1) is 14.8. The smallest absolute Gasteiger partial charge is 0.408 e. The van der Waals surface area contributed by atoms with Crippen LogP contribution in [0.25, 0.3) is 11.1 Å². The molecule has 1 aromatic carbocycles. The average Bonchev–Trinajstić information content (AvgIpc) is 3.47. The van der Waals surface area contributed by atoms with Crippen LogP contribution in [0.4, 0.5) is 0 Å². The molecule has 2 aliphatic rings. The summed E-state index contributed by atoms with van der Waals surface area (Å²) in [5.74, 6) is -0.535. The van der Waals surface area contributed by atoms with E-state index in [1.165, 1.54) is 21.0 Å². The second kappa shape index (κ2) is 8.78. The predicted octanol–water partition coefficient (Wildman–Crippen LogP) is 2.95. The quantitative estimate of drug-likeness (QED) is 0.648. The lowest BCUT2D eigenvalue weighted by Gasteiger charge is -2.33. The average molecular weight is 450 g/mol. The predicted molar refractivity (Wildman–Crippen MR) is 117 cm³/mol. The molecule has 1 amide bonds. The molecule has 0 atom stereocenters. The van der Waals surface area contributed by atoms with Gasteiger partial charge in [-0.05, 0) is 51.7 Å². The first-order valence-corrected chi connectivity index (χ1v) is 12.7. The van der Waals surface area contributed by atoms with Crippen LogP contribution in [-0.2, 0) is 21.4 Å². The number of carbonyl (C=O) groups is 1. The van der Waals surface area contributed by atoms with Crippen molar-refractivity contribution in [2.45, 2.75) is 82.3 Å². The molecular formula is C22H31N3O5S. The van der Waals surface area contributed by atoms with Crippen molar-refractivity contribution in [1.82, 2.24) is 13.8 Å². The van der Waals surface area contributed by atoms with Gasteiger partial charge >= 0.3 is 5.76 Å². The van der Waals surface area contributed by atoms with Crippen molar-refractivity contribution in [2.24, 2.45) is 0 Å². The number of aryl methyl sites for hydroxylation is 1. The molecule has 0 bridgehead atoms. The topological polar surface area (TPSA) is 92.8 Å². The molecule has 1 saturated heterocycles. The Balaban J connectivity index is 1.54. The summed E-state index contributed by atoms with van der Waals surface area (Å²) < 4.78 is 33.8. The van der Waals surface area contributed by atoms with E-state index in [4.69, 9.17) is 4.42 Å². The van der Waals surface area contributed by atoms with E-state index in [0.29, 0.717) is 18.6 Å². The van der Waals surface area contributed by atoms with Crippen molar-refractivity contribution in [3.8, 4) is 0 Å². The number of benzene rings is 1. The molecule has 0 spiro atoms. The first kappa shape index (κ1) is 22.1. The lowest BCUT2D eigenvalue weighted by Crippen LogP contribution is -2.44. The number of amides is 1. The van der Waals surface area contributed by atoms with Gasteiger partial charge in [-0.15, -0.1) is 0 Å². The molecule has 2 aromatic rings. The van der Waals surface area contributed by atoms with E-state index in [-0.39, 0.29) is 41.4 Å². The number of carbonyl (C=O) groups excluding carboxylic acids is 1. The number of hydrogen-bond donors (Lipinski definition) is 0. The number of nitrogens with zero attached hydrogens (tertiary/aromatic N) is 3. The zero-order valence-electron chi connectivity index (χ0n) is 18.2. The van der Waals surface area contributed by atoms with Crippen LogP contribution in [0.5, 0.6) is 0 Å². The maximum Gasteiger partial charge on any atom is 0.419 e. The molecule has 2 fully saturated rings. The molecule has 1 aromatic heterocycles. The van der Waals surface area contributed by atoms with Crippen molar-refractivity contribution in [1.29, 1.82) is 0 Å². The Morgan fingerprint density at radius 1 is 1.16 bits per heavy atom. The Labute approximate surface area is 182 Å². The summed E-state index contributed by atoms with van der Waals surface area (Å²) in [6, 6.07) is 4.93. The van der Waals surface area contributed by atoms with Gasteiger partial charge in [0, 0.05) is 44.2 Å². The Morgan fingerprint density at radius 3 is 2.48 bits per heavy atom. The van der Waals surface area contributed by atoms with Gasteiger partial charge in [0.1, 0.15) is 0 Å². The van der Waals surface area contributed by atoms with E-state index in [2.05, 4.69) is 0 Å². The molecule has 1 aliphatic carbocycles. The van der Waals surface area contributed by atoms with E-state index in [1.807, 2.05) is 18.7 Å². The summed E-state index contributed by atoms with van der Waals surface area (Å²) in [5.41, 5.74) is 0.740. The highest BCUT2D eigenvalue weighted by atomic mass is 32.2. The minimum absolute atomic E-state index is 0.0383. The van der Waals surface area contributed by atoms with Crippen molar-refractivity contribution < 1.29 is 17.6 Å². The number of fused-ring (bicyclic) bond motifs is 1. The lowest BCUT2D eigenvalue weighted by molar-refractivity contribution is -0.135. The van der Waals surface area contributed by atoms with Gasteiger partial charge in [0.25, 0.3) is 0 Å². The molecule has 170 valence electrons. The Hall–Kier alpha value is -2.13. The van der Waals surface area contributed by atoms with Gasteiger partial charge in [-0.2, -0.15) is 4.31 Å². The summed E-state index contributed by atoms with van der Waals surface area (Å²) in [7, 11) is -3.59. The van der Waals surface area contributed by atoms with Gasteiger partial charge in [-0.25, -0.2) is 13.2 Å². The van der Waals surface area contributed by atoms with Gasteiger partial charge in [-0.1, -0.05) is 12.8 Å². The van der Waals surface area contributed by atoms with Crippen LogP contribution >= 0.6 is 0 Å². The third-order valence-electron chi connectivity index (χ3n) is 6.45. The zero-order valence-corrected chi connectivity index (χ0v) is 19.1. The number of aromatic nitrogens is 1. The van der Waals surface area contributed by atoms with Crippen LogP contribution in [-0.4, -0.2) is 53.3 Å². The normalized spacial score (nSPS) is 18.4. The second-order valence-corrected chi connectivity index (χ2v) is 10.8.